The summed E-state index contributed by atoms with van der Waals surface area (Å²) < 4.78 is 6.71. The van der Waals surface area contributed by atoms with Crippen molar-refractivity contribution in [2.75, 3.05) is 26.4 Å². The SMILES string of the molecule is CCCCCCCCCCC(CCCCCCCCCC)(OCCCCCCCC)C(CO)(CO)CO. The highest BCUT2D eigenvalue weighted by Crippen LogP contribution is 2.43. The van der Waals surface area contributed by atoms with Crippen molar-refractivity contribution in [3.63, 3.8) is 0 Å². The lowest BCUT2D eigenvalue weighted by Crippen LogP contribution is -2.57. The Morgan fingerprint density at radius 2 is 0.703 bits per heavy atom. The van der Waals surface area contributed by atoms with Gasteiger partial charge in [-0.3, -0.25) is 0 Å². The van der Waals surface area contributed by atoms with E-state index in [1.165, 1.54) is 103 Å². The number of hydrogen-bond donors (Lipinski definition) is 3. The Morgan fingerprint density at radius 1 is 0.405 bits per heavy atom. The molecule has 0 aliphatic rings. The third kappa shape index (κ3) is 16.5. The van der Waals surface area contributed by atoms with Crippen molar-refractivity contribution in [3.8, 4) is 0 Å². The van der Waals surface area contributed by atoms with E-state index in [0.717, 1.165) is 51.4 Å². The molecule has 0 aliphatic heterocycles. The molecule has 0 fully saturated rings. The summed E-state index contributed by atoms with van der Waals surface area (Å²) in [7, 11) is 0. The van der Waals surface area contributed by atoms with E-state index in [1.54, 1.807) is 0 Å². The van der Waals surface area contributed by atoms with Crippen molar-refractivity contribution >= 4 is 0 Å². The first-order chi connectivity index (χ1) is 18.1. The van der Waals surface area contributed by atoms with Crippen molar-refractivity contribution in [2.45, 2.75) is 180 Å². The van der Waals surface area contributed by atoms with Gasteiger partial charge >= 0.3 is 0 Å². The molecular weight excluding hydrogens is 460 g/mol. The minimum Gasteiger partial charge on any atom is -0.395 e. The summed E-state index contributed by atoms with van der Waals surface area (Å²) in [4.78, 5) is 0. The van der Waals surface area contributed by atoms with Crippen LogP contribution < -0.4 is 0 Å². The van der Waals surface area contributed by atoms with Crippen LogP contribution in [0.3, 0.4) is 0 Å². The van der Waals surface area contributed by atoms with Crippen molar-refractivity contribution in [3.05, 3.63) is 0 Å². The maximum absolute atomic E-state index is 10.5. The van der Waals surface area contributed by atoms with Crippen LogP contribution in [0, 0.1) is 5.41 Å². The van der Waals surface area contributed by atoms with Crippen LogP contribution in [0.1, 0.15) is 175 Å². The number of aliphatic hydroxyl groups excluding tert-OH is 3. The van der Waals surface area contributed by atoms with Gasteiger partial charge in [-0.05, 0) is 19.3 Å². The zero-order valence-corrected chi connectivity index (χ0v) is 25.5. The van der Waals surface area contributed by atoms with Crippen LogP contribution in [-0.4, -0.2) is 47.3 Å². The first-order valence-corrected chi connectivity index (χ1v) is 16.6. The molecule has 0 unspecified atom stereocenters. The van der Waals surface area contributed by atoms with E-state index < -0.39 is 11.0 Å². The molecule has 0 saturated heterocycles. The van der Waals surface area contributed by atoms with E-state index in [2.05, 4.69) is 20.8 Å². The second kappa shape index (κ2) is 26.1. The number of ether oxygens (including phenoxy) is 1. The van der Waals surface area contributed by atoms with Gasteiger partial charge in [-0.25, -0.2) is 0 Å². The van der Waals surface area contributed by atoms with Crippen LogP contribution in [0.2, 0.25) is 0 Å². The lowest BCUT2D eigenvalue weighted by atomic mass is 9.67. The molecule has 0 rings (SSSR count). The number of aliphatic hydroxyl groups is 3. The zero-order valence-electron chi connectivity index (χ0n) is 25.5. The summed E-state index contributed by atoms with van der Waals surface area (Å²) in [6.07, 6.45) is 28.8. The molecule has 0 spiro atoms. The number of unbranched alkanes of at least 4 members (excludes halogenated alkanes) is 19. The standard InChI is InChI=1S/C33H68O4/c1-4-7-10-13-16-18-20-23-26-33(32(29-34,30-35)31-36,37-28-25-22-15-12-9-6-3)27-24-21-19-17-14-11-8-5-2/h34-36H,4-31H2,1-3H3. The molecular formula is C33H68O4. The summed E-state index contributed by atoms with van der Waals surface area (Å²) in [5.74, 6) is 0. The Hall–Kier alpha value is -0.160. The maximum Gasteiger partial charge on any atom is 0.0804 e. The highest BCUT2D eigenvalue weighted by molar-refractivity contribution is 5.00. The van der Waals surface area contributed by atoms with Crippen molar-refractivity contribution in [1.29, 1.82) is 0 Å². The van der Waals surface area contributed by atoms with E-state index in [1.807, 2.05) is 0 Å². The smallest absolute Gasteiger partial charge is 0.0804 e. The fourth-order valence-corrected chi connectivity index (χ4v) is 5.77. The molecule has 0 atom stereocenters. The monoisotopic (exact) mass is 529 g/mol. The van der Waals surface area contributed by atoms with E-state index in [0.29, 0.717) is 6.61 Å². The van der Waals surface area contributed by atoms with Crippen molar-refractivity contribution in [1.82, 2.24) is 0 Å². The van der Waals surface area contributed by atoms with Gasteiger partial charge < -0.3 is 20.1 Å². The molecule has 0 aromatic heterocycles. The molecule has 224 valence electrons. The Balaban J connectivity index is 5.11. The first kappa shape index (κ1) is 36.8. The van der Waals surface area contributed by atoms with Crippen LogP contribution >= 0.6 is 0 Å². The lowest BCUT2D eigenvalue weighted by molar-refractivity contribution is -0.194. The molecule has 0 heterocycles. The van der Waals surface area contributed by atoms with E-state index in [9.17, 15) is 15.3 Å². The third-order valence-corrected chi connectivity index (χ3v) is 8.62. The van der Waals surface area contributed by atoms with Crippen LogP contribution in [-0.2, 0) is 4.74 Å². The second-order valence-electron chi connectivity index (χ2n) is 11.8. The topological polar surface area (TPSA) is 69.9 Å². The highest BCUT2D eigenvalue weighted by atomic mass is 16.5. The summed E-state index contributed by atoms with van der Waals surface area (Å²) in [5, 5.41) is 31.4. The Labute approximate surface area is 232 Å². The van der Waals surface area contributed by atoms with Gasteiger partial charge in [0.05, 0.1) is 30.8 Å². The van der Waals surface area contributed by atoms with Crippen LogP contribution in [0.25, 0.3) is 0 Å². The Bertz CT molecular complexity index is 421. The molecule has 3 N–H and O–H groups in total. The predicted octanol–water partition coefficient (Wildman–Crippen LogP) is 9.13. The van der Waals surface area contributed by atoms with E-state index >= 15 is 0 Å². The first-order valence-electron chi connectivity index (χ1n) is 16.6. The number of hydrogen-bond acceptors (Lipinski definition) is 4. The predicted molar refractivity (Wildman–Crippen MR) is 160 cm³/mol. The fourth-order valence-electron chi connectivity index (χ4n) is 5.77. The van der Waals surface area contributed by atoms with Gasteiger partial charge in [0.15, 0.2) is 0 Å². The van der Waals surface area contributed by atoms with Gasteiger partial charge in [0.1, 0.15) is 0 Å². The average molecular weight is 529 g/mol. The molecule has 0 radical (unpaired) electrons. The number of rotatable bonds is 30. The van der Waals surface area contributed by atoms with E-state index in [-0.39, 0.29) is 19.8 Å². The summed E-state index contributed by atoms with van der Waals surface area (Å²) in [6.45, 7) is 6.72. The van der Waals surface area contributed by atoms with Gasteiger partial charge in [-0.1, -0.05) is 156 Å². The van der Waals surface area contributed by atoms with E-state index in [4.69, 9.17) is 4.74 Å². The van der Waals surface area contributed by atoms with Gasteiger partial charge in [-0.2, -0.15) is 0 Å². The fraction of sp³-hybridized carbons (Fsp3) is 1.00. The Kier molecular flexibility index (Phi) is 26.0. The zero-order chi connectivity index (χ0) is 27.5. The Morgan fingerprint density at radius 3 is 1.03 bits per heavy atom. The van der Waals surface area contributed by atoms with Crippen LogP contribution in [0.4, 0.5) is 0 Å². The molecule has 0 aromatic carbocycles. The maximum atomic E-state index is 10.5. The third-order valence-electron chi connectivity index (χ3n) is 8.62. The molecule has 0 bridgehead atoms. The van der Waals surface area contributed by atoms with Crippen LogP contribution in [0.5, 0.6) is 0 Å². The molecule has 4 heteroatoms. The molecule has 0 aromatic rings. The largest absolute Gasteiger partial charge is 0.395 e. The lowest BCUT2D eigenvalue weighted by Gasteiger charge is -2.48. The summed E-state index contributed by atoms with van der Waals surface area (Å²) >= 11 is 0. The normalized spacial score (nSPS) is 12.5. The van der Waals surface area contributed by atoms with Crippen molar-refractivity contribution < 1.29 is 20.1 Å². The molecule has 0 amide bonds. The highest BCUT2D eigenvalue weighted by Gasteiger charge is 2.50. The van der Waals surface area contributed by atoms with Gasteiger partial charge in [0, 0.05) is 6.61 Å². The quantitative estimate of drug-likeness (QED) is 0.0813. The minimum absolute atomic E-state index is 0.232. The van der Waals surface area contributed by atoms with Gasteiger partial charge in [-0.15, -0.1) is 0 Å². The molecule has 4 nitrogen and oxygen atoms in total. The average Bonchev–Trinajstić information content (AvgIpc) is 2.92. The van der Waals surface area contributed by atoms with Crippen LogP contribution in [0.15, 0.2) is 0 Å². The molecule has 37 heavy (non-hydrogen) atoms. The minimum atomic E-state index is -0.989. The van der Waals surface area contributed by atoms with Gasteiger partial charge in [0.2, 0.25) is 0 Å². The molecule has 0 aliphatic carbocycles. The van der Waals surface area contributed by atoms with Crippen molar-refractivity contribution in [2.24, 2.45) is 5.41 Å². The summed E-state index contributed by atoms with van der Waals surface area (Å²) in [5.41, 5.74) is -1.64. The van der Waals surface area contributed by atoms with Gasteiger partial charge in [0.25, 0.3) is 0 Å². The summed E-state index contributed by atoms with van der Waals surface area (Å²) in [6, 6.07) is 0. The second-order valence-corrected chi connectivity index (χ2v) is 11.8. The molecule has 0 saturated carbocycles.